The molecular formula is C15H19F2NO2. The van der Waals surface area contributed by atoms with E-state index in [1.54, 1.807) is 7.11 Å². The zero-order valence-corrected chi connectivity index (χ0v) is 11.6. The molecule has 2 fully saturated rings. The second-order valence-corrected chi connectivity index (χ2v) is 5.60. The standard InChI is InChI=1S/C15H19F2NO2/c1-19-13-4-2-12(3-5-13)14(10-20-11-14)18-8-6-15(16,17)7-9-18/h2-5H,6-11H2,1H3. The molecule has 0 unspecified atom stereocenters. The molecular weight excluding hydrogens is 264 g/mol. The van der Waals surface area contributed by atoms with Gasteiger partial charge in [-0.05, 0) is 17.7 Å². The highest BCUT2D eigenvalue weighted by Crippen LogP contribution is 2.40. The molecule has 2 aliphatic rings. The van der Waals surface area contributed by atoms with Crippen molar-refractivity contribution in [2.45, 2.75) is 24.3 Å². The minimum absolute atomic E-state index is 0.0646. The van der Waals surface area contributed by atoms with E-state index in [1.165, 1.54) is 0 Å². The van der Waals surface area contributed by atoms with Gasteiger partial charge in [0.1, 0.15) is 5.75 Å². The van der Waals surface area contributed by atoms with Crippen LogP contribution in [0.3, 0.4) is 0 Å². The molecule has 0 saturated carbocycles. The van der Waals surface area contributed by atoms with E-state index in [-0.39, 0.29) is 18.4 Å². The summed E-state index contributed by atoms with van der Waals surface area (Å²) in [5.41, 5.74) is 0.887. The van der Waals surface area contributed by atoms with Crippen LogP contribution in [0.1, 0.15) is 18.4 Å². The van der Waals surface area contributed by atoms with Gasteiger partial charge in [0, 0.05) is 25.9 Å². The monoisotopic (exact) mass is 283 g/mol. The number of piperidine rings is 1. The van der Waals surface area contributed by atoms with E-state index in [0.29, 0.717) is 26.3 Å². The van der Waals surface area contributed by atoms with Gasteiger partial charge in [-0.2, -0.15) is 0 Å². The summed E-state index contributed by atoms with van der Waals surface area (Å²) in [6, 6.07) is 7.84. The summed E-state index contributed by atoms with van der Waals surface area (Å²) in [5, 5.41) is 0. The summed E-state index contributed by atoms with van der Waals surface area (Å²) in [5.74, 6) is -1.71. The second-order valence-electron chi connectivity index (χ2n) is 5.60. The average Bonchev–Trinajstić information content (AvgIpc) is 2.40. The summed E-state index contributed by atoms with van der Waals surface area (Å²) in [7, 11) is 1.63. The fourth-order valence-corrected chi connectivity index (χ4v) is 2.99. The first-order chi connectivity index (χ1) is 9.56. The molecule has 3 nitrogen and oxygen atoms in total. The molecule has 5 heteroatoms. The molecule has 2 aliphatic heterocycles. The molecule has 1 aromatic rings. The first-order valence-corrected chi connectivity index (χ1v) is 6.91. The van der Waals surface area contributed by atoms with Crippen molar-refractivity contribution < 1.29 is 18.3 Å². The van der Waals surface area contributed by atoms with E-state index in [9.17, 15) is 8.78 Å². The molecule has 1 aromatic carbocycles. The number of hydrogen-bond donors (Lipinski definition) is 0. The Morgan fingerprint density at radius 3 is 2.15 bits per heavy atom. The molecule has 20 heavy (non-hydrogen) atoms. The van der Waals surface area contributed by atoms with Gasteiger partial charge < -0.3 is 9.47 Å². The lowest BCUT2D eigenvalue weighted by Gasteiger charge is -2.52. The highest BCUT2D eigenvalue weighted by atomic mass is 19.3. The van der Waals surface area contributed by atoms with Crippen molar-refractivity contribution in [2.24, 2.45) is 0 Å². The van der Waals surface area contributed by atoms with Crippen LogP contribution in [-0.4, -0.2) is 44.2 Å². The van der Waals surface area contributed by atoms with Crippen LogP contribution < -0.4 is 4.74 Å². The number of halogens is 2. The molecule has 0 atom stereocenters. The van der Waals surface area contributed by atoms with E-state index in [4.69, 9.17) is 9.47 Å². The van der Waals surface area contributed by atoms with Crippen molar-refractivity contribution in [3.63, 3.8) is 0 Å². The van der Waals surface area contributed by atoms with Gasteiger partial charge in [-0.3, -0.25) is 4.90 Å². The highest BCUT2D eigenvalue weighted by molar-refractivity contribution is 5.33. The molecule has 2 saturated heterocycles. The molecule has 0 N–H and O–H groups in total. The molecule has 0 spiro atoms. The third-order valence-corrected chi connectivity index (χ3v) is 4.41. The SMILES string of the molecule is COc1ccc(C2(N3CCC(F)(F)CC3)COC2)cc1. The topological polar surface area (TPSA) is 21.7 Å². The number of likely N-dealkylation sites (tertiary alicyclic amines) is 1. The summed E-state index contributed by atoms with van der Waals surface area (Å²) in [6.45, 7) is 1.99. The summed E-state index contributed by atoms with van der Waals surface area (Å²) in [4.78, 5) is 2.15. The molecule has 0 radical (unpaired) electrons. The van der Waals surface area contributed by atoms with Crippen LogP contribution in [0.15, 0.2) is 24.3 Å². The largest absolute Gasteiger partial charge is 0.497 e. The van der Waals surface area contributed by atoms with Crippen molar-refractivity contribution in [3.8, 4) is 5.75 Å². The van der Waals surface area contributed by atoms with Crippen LogP contribution in [0.2, 0.25) is 0 Å². The predicted molar refractivity (Wildman–Crippen MR) is 71.2 cm³/mol. The number of alkyl halides is 2. The van der Waals surface area contributed by atoms with Crippen LogP contribution in [0.25, 0.3) is 0 Å². The quantitative estimate of drug-likeness (QED) is 0.851. The Morgan fingerprint density at radius 2 is 1.70 bits per heavy atom. The molecule has 110 valence electrons. The minimum atomic E-state index is -2.51. The van der Waals surface area contributed by atoms with Gasteiger partial charge in [-0.15, -0.1) is 0 Å². The van der Waals surface area contributed by atoms with Crippen molar-refractivity contribution >= 4 is 0 Å². The maximum atomic E-state index is 13.3. The van der Waals surface area contributed by atoms with Crippen molar-refractivity contribution in [1.82, 2.24) is 4.90 Å². The number of benzene rings is 1. The number of methoxy groups -OCH3 is 1. The van der Waals surface area contributed by atoms with Gasteiger partial charge in [-0.1, -0.05) is 12.1 Å². The van der Waals surface area contributed by atoms with Crippen molar-refractivity contribution in [3.05, 3.63) is 29.8 Å². The van der Waals surface area contributed by atoms with E-state index in [1.807, 2.05) is 24.3 Å². The summed E-state index contributed by atoms with van der Waals surface area (Å²) < 4.78 is 37.2. The fourth-order valence-electron chi connectivity index (χ4n) is 2.99. The first-order valence-electron chi connectivity index (χ1n) is 6.91. The van der Waals surface area contributed by atoms with Crippen LogP contribution >= 0.6 is 0 Å². The van der Waals surface area contributed by atoms with Crippen LogP contribution in [0.5, 0.6) is 5.75 Å². The molecule has 2 heterocycles. The average molecular weight is 283 g/mol. The number of nitrogens with zero attached hydrogens (tertiary/aromatic N) is 1. The Balaban J connectivity index is 1.80. The fraction of sp³-hybridized carbons (Fsp3) is 0.600. The zero-order chi connectivity index (χ0) is 14.2. The predicted octanol–water partition coefficient (Wildman–Crippen LogP) is 2.65. The van der Waals surface area contributed by atoms with E-state index in [0.717, 1.165) is 11.3 Å². The van der Waals surface area contributed by atoms with Gasteiger partial charge in [0.05, 0.1) is 25.9 Å². The third-order valence-electron chi connectivity index (χ3n) is 4.41. The maximum absolute atomic E-state index is 13.3. The lowest BCUT2D eigenvalue weighted by atomic mass is 9.84. The Morgan fingerprint density at radius 1 is 1.10 bits per heavy atom. The Hall–Kier alpha value is -1.20. The van der Waals surface area contributed by atoms with Gasteiger partial charge in [0.2, 0.25) is 0 Å². The Kier molecular flexibility index (Phi) is 3.42. The number of ether oxygens (including phenoxy) is 2. The maximum Gasteiger partial charge on any atom is 0.250 e. The smallest absolute Gasteiger partial charge is 0.250 e. The molecule has 0 amide bonds. The lowest BCUT2D eigenvalue weighted by molar-refractivity contribution is -0.172. The van der Waals surface area contributed by atoms with Gasteiger partial charge in [-0.25, -0.2) is 8.78 Å². The third kappa shape index (κ3) is 2.29. The van der Waals surface area contributed by atoms with E-state index < -0.39 is 5.92 Å². The van der Waals surface area contributed by atoms with Crippen molar-refractivity contribution in [2.75, 3.05) is 33.4 Å². The Bertz CT molecular complexity index is 461. The van der Waals surface area contributed by atoms with E-state index >= 15 is 0 Å². The van der Waals surface area contributed by atoms with Crippen LogP contribution in [0.4, 0.5) is 8.78 Å². The van der Waals surface area contributed by atoms with Crippen LogP contribution in [-0.2, 0) is 10.3 Å². The zero-order valence-electron chi connectivity index (χ0n) is 11.6. The van der Waals surface area contributed by atoms with E-state index in [2.05, 4.69) is 4.90 Å². The molecule has 0 bridgehead atoms. The van der Waals surface area contributed by atoms with Gasteiger partial charge in [0.15, 0.2) is 0 Å². The molecule has 3 rings (SSSR count). The lowest BCUT2D eigenvalue weighted by Crippen LogP contribution is -2.62. The van der Waals surface area contributed by atoms with Crippen molar-refractivity contribution in [1.29, 1.82) is 0 Å². The second kappa shape index (κ2) is 4.97. The summed E-state index contributed by atoms with van der Waals surface area (Å²) in [6.07, 6.45) is -0.129. The Labute approximate surface area is 117 Å². The normalized spacial score (nSPS) is 24.9. The first kappa shape index (κ1) is 13.8. The number of hydrogen-bond acceptors (Lipinski definition) is 3. The van der Waals surface area contributed by atoms with Gasteiger partial charge >= 0.3 is 0 Å². The molecule has 0 aliphatic carbocycles. The minimum Gasteiger partial charge on any atom is -0.497 e. The van der Waals surface area contributed by atoms with Crippen LogP contribution in [0, 0.1) is 0 Å². The summed E-state index contributed by atoms with van der Waals surface area (Å²) >= 11 is 0. The van der Waals surface area contributed by atoms with Gasteiger partial charge in [0.25, 0.3) is 5.92 Å². The highest BCUT2D eigenvalue weighted by Gasteiger charge is 2.48. The molecule has 0 aromatic heterocycles. The number of rotatable bonds is 3.